The molecule has 0 N–H and O–H groups in total. The Hall–Kier alpha value is -1.80. The van der Waals surface area contributed by atoms with Crippen LogP contribution >= 0.6 is 11.6 Å². The predicted molar refractivity (Wildman–Crippen MR) is 80.1 cm³/mol. The quantitative estimate of drug-likeness (QED) is 0.632. The molecule has 0 aliphatic rings. The molecule has 3 aromatic rings. The van der Waals surface area contributed by atoms with Gasteiger partial charge in [0.05, 0.1) is 16.9 Å². The van der Waals surface area contributed by atoms with Gasteiger partial charge in [-0.2, -0.15) is 0 Å². The van der Waals surface area contributed by atoms with Crippen molar-refractivity contribution in [1.29, 1.82) is 0 Å². The van der Waals surface area contributed by atoms with Crippen LogP contribution in [-0.4, -0.2) is 9.55 Å². The van der Waals surface area contributed by atoms with Crippen molar-refractivity contribution in [1.82, 2.24) is 9.55 Å². The van der Waals surface area contributed by atoms with Crippen molar-refractivity contribution in [2.75, 3.05) is 0 Å². The topological polar surface area (TPSA) is 17.8 Å². The Bertz CT molecular complexity index is 726. The smallest absolute Gasteiger partial charge is 0.129 e. The first-order chi connectivity index (χ1) is 9.19. The molecular formula is C16H15ClN2. The molecule has 19 heavy (non-hydrogen) atoms. The van der Waals surface area contributed by atoms with Crippen molar-refractivity contribution in [3.63, 3.8) is 0 Å². The van der Waals surface area contributed by atoms with Crippen molar-refractivity contribution >= 4 is 22.6 Å². The van der Waals surface area contributed by atoms with E-state index in [1.165, 1.54) is 11.1 Å². The second-order valence-corrected chi connectivity index (χ2v) is 5.09. The molecule has 3 rings (SSSR count). The zero-order valence-electron chi connectivity index (χ0n) is 11.0. The monoisotopic (exact) mass is 270 g/mol. The minimum Gasteiger partial charge on any atom is -0.295 e. The molecule has 0 unspecified atom stereocenters. The van der Waals surface area contributed by atoms with Crippen molar-refractivity contribution in [3.05, 3.63) is 59.4 Å². The van der Waals surface area contributed by atoms with Gasteiger partial charge in [-0.05, 0) is 43.7 Å². The summed E-state index contributed by atoms with van der Waals surface area (Å²) in [6.45, 7) is 4.16. The number of fused-ring (bicyclic) bond motifs is 1. The maximum atomic E-state index is 6.04. The summed E-state index contributed by atoms with van der Waals surface area (Å²) in [6, 6.07) is 14.7. The van der Waals surface area contributed by atoms with Gasteiger partial charge in [-0.3, -0.25) is 4.57 Å². The lowest BCUT2D eigenvalue weighted by Crippen LogP contribution is -1.99. The van der Waals surface area contributed by atoms with E-state index in [-0.39, 0.29) is 0 Å². The third-order valence-corrected chi connectivity index (χ3v) is 3.53. The zero-order chi connectivity index (χ0) is 13.4. The van der Waals surface area contributed by atoms with Gasteiger partial charge in [-0.1, -0.05) is 23.8 Å². The Morgan fingerprint density at radius 3 is 2.37 bits per heavy atom. The summed E-state index contributed by atoms with van der Waals surface area (Å²) in [5.41, 5.74) is 5.66. The Kier molecular flexibility index (Phi) is 3.03. The van der Waals surface area contributed by atoms with E-state index >= 15 is 0 Å². The van der Waals surface area contributed by atoms with E-state index in [1.54, 1.807) is 0 Å². The predicted octanol–water partition coefficient (Wildman–Crippen LogP) is 4.38. The van der Waals surface area contributed by atoms with Crippen molar-refractivity contribution < 1.29 is 0 Å². The fourth-order valence-electron chi connectivity index (χ4n) is 2.31. The average Bonchev–Trinajstić information content (AvgIpc) is 2.77. The molecule has 0 bridgehead atoms. The highest BCUT2D eigenvalue weighted by atomic mass is 35.5. The molecule has 0 saturated carbocycles. The van der Waals surface area contributed by atoms with Gasteiger partial charge in [0.15, 0.2) is 0 Å². The van der Waals surface area contributed by atoms with Crippen molar-refractivity contribution in [2.45, 2.75) is 19.7 Å². The summed E-state index contributed by atoms with van der Waals surface area (Å²) in [5, 5.41) is 0. The Balaban J connectivity index is 2.29. The van der Waals surface area contributed by atoms with E-state index in [1.807, 2.05) is 0 Å². The first kappa shape index (κ1) is 12.2. The standard InChI is InChI=1S/C16H15ClN2/c1-11-3-6-13(7-4-11)19-15-8-5-12(2)9-14(15)18-16(19)10-17/h3-9H,10H2,1-2H3. The van der Waals surface area contributed by atoms with E-state index in [9.17, 15) is 0 Å². The molecular weight excluding hydrogens is 256 g/mol. The molecule has 0 fully saturated rings. The molecule has 3 heteroatoms. The molecule has 0 amide bonds. The van der Waals surface area contributed by atoms with Gasteiger partial charge in [0, 0.05) is 5.69 Å². The summed E-state index contributed by atoms with van der Waals surface area (Å²) in [6.07, 6.45) is 0. The van der Waals surface area contributed by atoms with Crippen LogP contribution in [0.15, 0.2) is 42.5 Å². The first-order valence-electron chi connectivity index (χ1n) is 6.30. The summed E-state index contributed by atoms with van der Waals surface area (Å²) >= 11 is 6.04. The molecule has 0 spiro atoms. The van der Waals surface area contributed by atoms with Crippen molar-refractivity contribution in [2.24, 2.45) is 0 Å². The number of alkyl halides is 1. The van der Waals surface area contributed by atoms with E-state index in [2.05, 4.69) is 65.9 Å². The summed E-state index contributed by atoms with van der Waals surface area (Å²) in [5.74, 6) is 1.29. The number of aromatic nitrogens is 2. The van der Waals surface area contributed by atoms with Crippen LogP contribution in [0.3, 0.4) is 0 Å². The third-order valence-electron chi connectivity index (χ3n) is 3.29. The van der Waals surface area contributed by atoms with Gasteiger partial charge in [-0.15, -0.1) is 11.6 Å². The zero-order valence-corrected chi connectivity index (χ0v) is 11.8. The number of aryl methyl sites for hydroxylation is 2. The highest BCUT2D eigenvalue weighted by molar-refractivity contribution is 6.17. The lowest BCUT2D eigenvalue weighted by Gasteiger charge is -2.08. The molecule has 0 saturated heterocycles. The number of halogens is 1. The fourth-order valence-corrected chi connectivity index (χ4v) is 2.49. The second kappa shape index (κ2) is 4.71. The fraction of sp³-hybridized carbons (Fsp3) is 0.188. The van der Waals surface area contributed by atoms with E-state index in [4.69, 9.17) is 11.6 Å². The first-order valence-corrected chi connectivity index (χ1v) is 6.83. The van der Waals surface area contributed by atoms with Crippen LogP contribution in [-0.2, 0) is 5.88 Å². The lowest BCUT2D eigenvalue weighted by atomic mass is 10.2. The summed E-state index contributed by atoms with van der Waals surface area (Å²) in [7, 11) is 0. The van der Waals surface area contributed by atoms with Crippen LogP contribution in [0.2, 0.25) is 0 Å². The number of imidazole rings is 1. The summed E-state index contributed by atoms with van der Waals surface area (Å²) in [4.78, 5) is 4.62. The molecule has 2 aromatic carbocycles. The number of rotatable bonds is 2. The van der Waals surface area contributed by atoms with Crippen LogP contribution in [0.25, 0.3) is 16.7 Å². The van der Waals surface area contributed by atoms with Gasteiger partial charge in [-0.25, -0.2) is 4.98 Å². The normalized spacial score (nSPS) is 11.1. The maximum Gasteiger partial charge on any atom is 0.129 e. The minimum absolute atomic E-state index is 0.404. The number of nitrogens with zero attached hydrogens (tertiary/aromatic N) is 2. The minimum atomic E-state index is 0.404. The number of hydrogen-bond donors (Lipinski definition) is 0. The Morgan fingerprint density at radius 1 is 1.00 bits per heavy atom. The molecule has 0 atom stereocenters. The van der Waals surface area contributed by atoms with Crippen LogP contribution in [0, 0.1) is 13.8 Å². The van der Waals surface area contributed by atoms with Crippen LogP contribution in [0.1, 0.15) is 17.0 Å². The van der Waals surface area contributed by atoms with E-state index in [0.29, 0.717) is 5.88 Å². The average molecular weight is 271 g/mol. The number of benzene rings is 2. The van der Waals surface area contributed by atoms with Gasteiger partial charge in [0.1, 0.15) is 5.82 Å². The largest absolute Gasteiger partial charge is 0.295 e. The molecule has 0 aliphatic heterocycles. The highest BCUT2D eigenvalue weighted by Crippen LogP contribution is 2.23. The SMILES string of the molecule is Cc1ccc(-n2c(CCl)nc3cc(C)ccc32)cc1. The van der Waals surface area contributed by atoms with Gasteiger partial charge < -0.3 is 0 Å². The van der Waals surface area contributed by atoms with Crippen LogP contribution in [0.4, 0.5) is 0 Å². The Labute approximate surface area is 117 Å². The molecule has 1 aromatic heterocycles. The Morgan fingerprint density at radius 2 is 1.68 bits per heavy atom. The van der Waals surface area contributed by atoms with Gasteiger partial charge in [0.2, 0.25) is 0 Å². The molecule has 0 aliphatic carbocycles. The van der Waals surface area contributed by atoms with E-state index < -0.39 is 0 Å². The van der Waals surface area contributed by atoms with Crippen molar-refractivity contribution in [3.8, 4) is 5.69 Å². The molecule has 2 nitrogen and oxygen atoms in total. The van der Waals surface area contributed by atoms with E-state index in [0.717, 1.165) is 22.5 Å². The van der Waals surface area contributed by atoms with Crippen LogP contribution in [0.5, 0.6) is 0 Å². The molecule has 1 heterocycles. The number of hydrogen-bond acceptors (Lipinski definition) is 1. The lowest BCUT2D eigenvalue weighted by molar-refractivity contribution is 0.981. The summed E-state index contributed by atoms with van der Waals surface area (Å²) < 4.78 is 2.13. The van der Waals surface area contributed by atoms with Gasteiger partial charge in [0.25, 0.3) is 0 Å². The third kappa shape index (κ3) is 2.13. The maximum absolute atomic E-state index is 6.04. The van der Waals surface area contributed by atoms with Gasteiger partial charge >= 0.3 is 0 Å². The highest BCUT2D eigenvalue weighted by Gasteiger charge is 2.11. The second-order valence-electron chi connectivity index (χ2n) is 4.82. The molecule has 96 valence electrons. The molecule has 0 radical (unpaired) electrons. The van der Waals surface area contributed by atoms with Crippen LogP contribution < -0.4 is 0 Å².